The van der Waals surface area contributed by atoms with Crippen LogP contribution in [0.4, 0.5) is 10.1 Å². The summed E-state index contributed by atoms with van der Waals surface area (Å²) in [5.41, 5.74) is 1.27. The molecule has 142 valence electrons. The van der Waals surface area contributed by atoms with Gasteiger partial charge in [-0.25, -0.2) is 14.2 Å². The van der Waals surface area contributed by atoms with Crippen molar-refractivity contribution in [1.29, 1.82) is 0 Å². The summed E-state index contributed by atoms with van der Waals surface area (Å²) in [4.78, 5) is 28.3. The smallest absolute Gasteiger partial charge is 0.358 e. The number of aromatic nitrogens is 1. The summed E-state index contributed by atoms with van der Waals surface area (Å²) >= 11 is 1.22. The van der Waals surface area contributed by atoms with Crippen molar-refractivity contribution in [3.05, 3.63) is 59.4 Å². The third kappa shape index (κ3) is 3.94. The number of hydrogen-bond donors (Lipinski definition) is 1. The van der Waals surface area contributed by atoms with Crippen molar-refractivity contribution in [3.8, 4) is 22.1 Å². The summed E-state index contributed by atoms with van der Waals surface area (Å²) in [6.45, 7) is -0.325. The van der Waals surface area contributed by atoms with Gasteiger partial charge in [-0.15, -0.1) is 11.3 Å². The van der Waals surface area contributed by atoms with E-state index in [0.29, 0.717) is 27.8 Å². The van der Waals surface area contributed by atoms with Crippen LogP contribution < -0.4 is 14.8 Å². The SMILES string of the molecule is O=C(COC(=O)c1csc(-c2ccc(F)cc2)n1)Nc1ccc2c(c1)OCO2. The zero-order chi connectivity index (χ0) is 19.5. The highest BCUT2D eigenvalue weighted by atomic mass is 32.1. The Balaban J connectivity index is 1.33. The van der Waals surface area contributed by atoms with Crippen molar-refractivity contribution in [2.24, 2.45) is 0 Å². The van der Waals surface area contributed by atoms with Crippen LogP contribution in [0.2, 0.25) is 0 Å². The van der Waals surface area contributed by atoms with Crippen molar-refractivity contribution < 1.29 is 28.2 Å². The normalized spacial score (nSPS) is 11.9. The predicted octanol–water partition coefficient (Wildman–Crippen LogP) is 3.47. The molecule has 28 heavy (non-hydrogen) atoms. The fourth-order valence-corrected chi connectivity index (χ4v) is 3.26. The van der Waals surface area contributed by atoms with Crippen LogP contribution >= 0.6 is 11.3 Å². The Bertz CT molecular complexity index is 1040. The molecule has 0 saturated carbocycles. The van der Waals surface area contributed by atoms with Gasteiger partial charge < -0.3 is 19.5 Å². The minimum absolute atomic E-state index is 0.0835. The van der Waals surface area contributed by atoms with Gasteiger partial charge in [0.1, 0.15) is 10.8 Å². The molecule has 1 aliphatic heterocycles. The van der Waals surface area contributed by atoms with Crippen LogP contribution in [0.25, 0.3) is 10.6 Å². The summed E-state index contributed by atoms with van der Waals surface area (Å²) < 4.78 is 28.4. The second-order valence-corrected chi connectivity index (χ2v) is 6.60. The minimum atomic E-state index is -0.717. The van der Waals surface area contributed by atoms with E-state index in [0.717, 1.165) is 0 Å². The first-order valence-electron chi connectivity index (χ1n) is 8.16. The molecule has 1 amide bonds. The van der Waals surface area contributed by atoms with Crippen molar-refractivity contribution in [3.63, 3.8) is 0 Å². The molecule has 4 rings (SSSR count). The fourth-order valence-electron chi connectivity index (χ4n) is 2.47. The lowest BCUT2D eigenvalue weighted by Gasteiger charge is -2.06. The Morgan fingerprint density at radius 2 is 1.93 bits per heavy atom. The number of hydrogen-bond acceptors (Lipinski definition) is 7. The van der Waals surface area contributed by atoms with E-state index in [4.69, 9.17) is 14.2 Å². The molecule has 9 heteroatoms. The fraction of sp³-hybridized carbons (Fsp3) is 0.105. The molecule has 0 radical (unpaired) electrons. The third-order valence-electron chi connectivity index (χ3n) is 3.80. The maximum Gasteiger partial charge on any atom is 0.358 e. The van der Waals surface area contributed by atoms with Gasteiger partial charge >= 0.3 is 5.97 Å². The molecule has 2 aromatic carbocycles. The number of ether oxygens (including phenoxy) is 3. The number of nitrogens with zero attached hydrogens (tertiary/aromatic N) is 1. The molecule has 0 saturated heterocycles. The molecule has 7 nitrogen and oxygen atoms in total. The molecule has 0 unspecified atom stereocenters. The van der Waals surface area contributed by atoms with Crippen LogP contribution in [0, 0.1) is 5.82 Å². The summed E-state index contributed by atoms with van der Waals surface area (Å²) in [6.07, 6.45) is 0. The first-order valence-corrected chi connectivity index (χ1v) is 9.04. The monoisotopic (exact) mass is 400 g/mol. The number of benzene rings is 2. The largest absolute Gasteiger partial charge is 0.454 e. The molecule has 2 heterocycles. The number of anilines is 1. The topological polar surface area (TPSA) is 86.8 Å². The number of carbonyl (C=O) groups is 2. The van der Waals surface area contributed by atoms with Crippen molar-refractivity contribution >= 4 is 28.9 Å². The van der Waals surface area contributed by atoms with E-state index in [1.165, 1.54) is 28.8 Å². The predicted molar refractivity (Wildman–Crippen MR) is 99.0 cm³/mol. The Labute approximate surface area is 162 Å². The second kappa shape index (κ2) is 7.65. The molecule has 0 atom stereocenters. The lowest BCUT2D eigenvalue weighted by molar-refractivity contribution is -0.119. The molecule has 1 N–H and O–H groups in total. The Kier molecular flexibility index (Phi) is 4.90. The van der Waals surface area contributed by atoms with Gasteiger partial charge in [-0.1, -0.05) is 0 Å². The highest BCUT2D eigenvalue weighted by Crippen LogP contribution is 2.34. The van der Waals surface area contributed by atoms with E-state index in [1.54, 1.807) is 30.3 Å². The molecule has 0 aliphatic carbocycles. The lowest BCUT2D eigenvalue weighted by atomic mass is 10.2. The van der Waals surface area contributed by atoms with E-state index < -0.39 is 18.5 Å². The zero-order valence-electron chi connectivity index (χ0n) is 14.3. The number of halogens is 1. The summed E-state index contributed by atoms with van der Waals surface area (Å²) in [5, 5.41) is 4.69. The molecule has 3 aromatic rings. The first kappa shape index (κ1) is 17.9. The number of rotatable bonds is 5. The van der Waals surface area contributed by atoms with Gasteiger partial charge in [-0.2, -0.15) is 0 Å². The van der Waals surface area contributed by atoms with Gasteiger partial charge in [0.05, 0.1) is 0 Å². The van der Waals surface area contributed by atoms with Gasteiger partial charge in [0.25, 0.3) is 5.91 Å². The van der Waals surface area contributed by atoms with Crippen LogP contribution in [0.5, 0.6) is 11.5 Å². The molecule has 1 aliphatic rings. The molecular formula is C19H13FN2O5S. The number of thiazole rings is 1. The number of nitrogens with one attached hydrogen (secondary N) is 1. The lowest BCUT2D eigenvalue weighted by Crippen LogP contribution is -2.21. The Morgan fingerprint density at radius 3 is 2.75 bits per heavy atom. The summed E-state index contributed by atoms with van der Waals surface area (Å²) in [6, 6.07) is 10.7. The van der Waals surface area contributed by atoms with E-state index in [2.05, 4.69) is 10.3 Å². The Hall–Kier alpha value is -3.46. The molecule has 1 aromatic heterocycles. The van der Waals surface area contributed by atoms with Crippen LogP contribution in [0.1, 0.15) is 10.5 Å². The summed E-state index contributed by atoms with van der Waals surface area (Å²) in [5.74, 6) is -0.435. The van der Waals surface area contributed by atoms with Gasteiger partial charge in [-0.3, -0.25) is 4.79 Å². The number of amides is 1. The van der Waals surface area contributed by atoms with E-state index in [-0.39, 0.29) is 18.3 Å². The van der Waals surface area contributed by atoms with Gasteiger partial charge in [0.2, 0.25) is 6.79 Å². The number of fused-ring (bicyclic) bond motifs is 1. The molecule has 0 bridgehead atoms. The first-order chi connectivity index (χ1) is 13.6. The maximum absolute atomic E-state index is 13.0. The van der Waals surface area contributed by atoms with E-state index in [1.807, 2.05) is 0 Å². The zero-order valence-corrected chi connectivity index (χ0v) is 15.1. The maximum atomic E-state index is 13.0. The van der Waals surface area contributed by atoms with E-state index >= 15 is 0 Å². The minimum Gasteiger partial charge on any atom is -0.454 e. The second-order valence-electron chi connectivity index (χ2n) is 5.74. The summed E-state index contributed by atoms with van der Waals surface area (Å²) in [7, 11) is 0. The number of esters is 1. The van der Waals surface area contributed by atoms with Crippen molar-refractivity contribution in [2.45, 2.75) is 0 Å². The number of carbonyl (C=O) groups excluding carboxylic acids is 2. The third-order valence-corrected chi connectivity index (χ3v) is 4.69. The van der Waals surface area contributed by atoms with Gasteiger partial charge in [-0.05, 0) is 36.4 Å². The average Bonchev–Trinajstić information content (AvgIpc) is 3.36. The Morgan fingerprint density at radius 1 is 1.14 bits per heavy atom. The van der Waals surface area contributed by atoms with E-state index in [9.17, 15) is 14.0 Å². The average molecular weight is 400 g/mol. The van der Waals surface area contributed by atoms with Crippen LogP contribution in [0.15, 0.2) is 47.8 Å². The quantitative estimate of drug-likeness (QED) is 0.660. The molecule has 0 fully saturated rings. The van der Waals surface area contributed by atoms with Gasteiger partial charge in [0.15, 0.2) is 23.8 Å². The van der Waals surface area contributed by atoms with Crippen molar-refractivity contribution in [2.75, 3.05) is 18.7 Å². The van der Waals surface area contributed by atoms with Crippen LogP contribution in [0.3, 0.4) is 0 Å². The molecular weight excluding hydrogens is 387 g/mol. The highest BCUT2D eigenvalue weighted by Gasteiger charge is 2.17. The standard InChI is InChI=1S/C19H13FN2O5S/c20-12-3-1-11(2-4-12)18-22-14(9-28-18)19(24)25-8-17(23)21-13-5-6-15-16(7-13)27-10-26-15/h1-7,9H,8,10H2,(H,21,23). The molecule has 0 spiro atoms. The van der Waals surface area contributed by atoms with Crippen molar-refractivity contribution in [1.82, 2.24) is 4.98 Å². The van der Waals surface area contributed by atoms with Crippen LogP contribution in [-0.4, -0.2) is 30.3 Å². The van der Waals surface area contributed by atoms with Crippen LogP contribution in [-0.2, 0) is 9.53 Å². The highest BCUT2D eigenvalue weighted by molar-refractivity contribution is 7.13. The van der Waals surface area contributed by atoms with Gasteiger partial charge in [0, 0.05) is 22.7 Å².